The second kappa shape index (κ2) is 5.68. The summed E-state index contributed by atoms with van der Waals surface area (Å²) in [7, 11) is 0. The van der Waals surface area contributed by atoms with Crippen molar-refractivity contribution in [2.24, 2.45) is 0 Å². The van der Waals surface area contributed by atoms with Crippen molar-refractivity contribution in [1.82, 2.24) is 4.90 Å². The van der Waals surface area contributed by atoms with Crippen molar-refractivity contribution in [2.45, 2.75) is 19.3 Å². The van der Waals surface area contributed by atoms with Gasteiger partial charge in [-0.15, -0.1) is 0 Å². The predicted molar refractivity (Wildman–Crippen MR) is 69.8 cm³/mol. The molecule has 4 heteroatoms. The largest absolute Gasteiger partial charge is 0.399 e. The number of nitrogens with zero attached hydrogens (tertiary/aromatic N) is 1. The van der Waals surface area contributed by atoms with Gasteiger partial charge in [-0.1, -0.05) is 6.07 Å². The molecule has 4 nitrogen and oxygen atoms in total. The van der Waals surface area contributed by atoms with Crippen molar-refractivity contribution in [3.05, 3.63) is 24.3 Å². The van der Waals surface area contributed by atoms with E-state index in [-0.39, 0.29) is 5.91 Å². The second-order valence-corrected chi connectivity index (χ2v) is 4.47. The van der Waals surface area contributed by atoms with Crippen molar-refractivity contribution in [1.29, 1.82) is 0 Å². The van der Waals surface area contributed by atoms with Crippen molar-refractivity contribution in [3.8, 4) is 0 Å². The van der Waals surface area contributed by atoms with E-state index >= 15 is 0 Å². The van der Waals surface area contributed by atoms with E-state index < -0.39 is 0 Å². The van der Waals surface area contributed by atoms with Gasteiger partial charge in [0.1, 0.15) is 0 Å². The number of nitrogens with two attached hydrogens (primary N) is 1. The van der Waals surface area contributed by atoms with Crippen LogP contribution >= 0.6 is 0 Å². The molecule has 0 radical (unpaired) electrons. The maximum Gasteiger partial charge on any atom is 0.225 e. The topological polar surface area (TPSA) is 58.4 Å². The van der Waals surface area contributed by atoms with E-state index in [1.165, 1.54) is 12.8 Å². The fourth-order valence-electron chi connectivity index (χ4n) is 2.11. The average Bonchev–Trinajstić information content (AvgIpc) is 2.79. The number of rotatable bonds is 4. The molecule has 0 atom stereocenters. The first kappa shape index (κ1) is 11.9. The van der Waals surface area contributed by atoms with E-state index in [1.54, 1.807) is 12.1 Å². The van der Waals surface area contributed by atoms with Gasteiger partial charge in [0.15, 0.2) is 0 Å². The Balaban J connectivity index is 1.76. The van der Waals surface area contributed by atoms with Crippen LogP contribution in [-0.4, -0.2) is 30.4 Å². The highest BCUT2D eigenvalue weighted by Gasteiger charge is 2.12. The van der Waals surface area contributed by atoms with E-state index in [1.807, 2.05) is 12.1 Å². The Morgan fingerprint density at radius 3 is 2.82 bits per heavy atom. The third-order valence-corrected chi connectivity index (χ3v) is 3.02. The minimum Gasteiger partial charge on any atom is -0.399 e. The van der Waals surface area contributed by atoms with Crippen LogP contribution in [0.3, 0.4) is 0 Å². The SMILES string of the molecule is Nc1cccc(NC(=O)CCN2CCCC2)c1. The van der Waals surface area contributed by atoms with Gasteiger partial charge >= 0.3 is 0 Å². The molecule has 92 valence electrons. The van der Waals surface area contributed by atoms with Crippen LogP contribution in [0.15, 0.2) is 24.3 Å². The first-order valence-corrected chi connectivity index (χ1v) is 6.12. The Labute approximate surface area is 102 Å². The van der Waals surface area contributed by atoms with Crippen LogP contribution in [0.5, 0.6) is 0 Å². The van der Waals surface area contributed by atoms with Crippen LogP contribution in [0.2, 0.25) is 0 Å². The molecular formula is C13H19N3O. The molecule has 1 aromatic carbocycles. The monoisotopic (exact) mass is 233 g/mol. The zero-order chi connectivity index (χ0) is 12.1. The van der Waals surface area contributed by atoms with Crippen LogP contribution in [0.1, 0.15) is 19.3 Å². The fraction of sp³-hybridized carbons (Fsp3) is 0.462. The Bertz CT molecular complexity index is 386. The van der Waals surface area contributed by atoms with E-state index in [0.717, 1.165) is 25.3 Å². The minimum atomic E-state index is 0.0579. The van der Waals surface area contributed by atoms with Crippen molar-refractivity contribution in [2.75, 3.05) is 30.7 Å². The molecule has 1 aliphatic rings. The number of hydrogen-bond donors (Lipinski definition) is 2. The quantitative estimate of drug-likeness (QED) is 0.778. The zero-order valence-corrected chi connectivity index (χ0v) is 9.98. The summed E-state index contributed by atoms with van der Waals surface area (Å²) in [6, 6.07) is 7.27. The molecule has 17 heavy (non-hydrogen) atoms. The molecule has 1 aromatic rings. The molecular weight excluding hydrogens is 214 g/mol. The maximum absolute atomic E-state index is 11.7. The molecule has 2 rings (SSSR count). The second-order valence-electron chi connectivity index (χ2n) is 4.47. The van der Waals surface area contributed by atoms with E-state index in [0.29, 0.717) is 12.1 Å². The zero-order valence-electron chi connectivity index (χ0n) is 9.98. The predicted octanol–water partition coefficient (Wildman–Crippen LogP) is 1.69. The van der Waals surface area contributed by atoms with Gasteiger partial charge in [0.25, 0.3) is 0 Å². The van der Waals surface area contributed by atoms with Gasteiger partial charge in [0, 0.05) is 24.3 Å². The number of hydrogen-bond acceptors (Lipinski definition) is 3. The van der Waals surface area contributed by atoms with Crippen LogP contribution in [0, 0.1) is 0 Å². The summed E-state index contributed by atoms with van der Waals surface area (Å²) in [5, 5.41) is 2.86. The Morgan fingerprint density at radius 1 is 1.35 bits per heavy atom. The number of nitrogen functional groups attached to an aromatic ring is 1. The lowest BCUT2D eigenvalue weighted by atomic mass is 10.2. The van der Waals surface area contributed by atoms with E-state index in [4.69, 9.17) is 5.73 Å². The lowest BCUT2D eigenvalue weighted by Crippen LogP contribution is -2.25. The van der Waals surface area contributed by atoms with Crippen molar-refractivity contribution >= 4 is 17.3 Å². The van der Waals surface area contributed by atoms with Crippen LogP contribution < -0.4 is 11.1 Å². The Hall–Kier alpha value is -1.55. The minimum absolute atomic E-state index is 0.0579. The number of benzene rings is 1. The lowest BCUT2D eigenvalue weighted by Gasteiger charge is -2.13. The first-order valence-electron chi connectivity index (χ1n) is 6.12. The molecule has 0 unspecified atom stereocenters. The molecule has 1 aliphatic heterocycles. The summed E-state index contributed by atoms with van der Waals surface area (Å²) in [6.45, 7) is 3.12. The van der Waals surface area contributed by atoms with Crippen LogP contribution in [0.25, 0.3) is 0 Å². The molecule has 0 bridgehead atoms. The molecule has 1 heterocycles. The Morgan fingerprint density at radius 2 is 2.12 bits per heavy atom. The summed E-state index contributed by atoms with van der Waals surface area (Å²) in [6.07, 6.45) is 3.07. The molecule has 0 spiro atoms. The summed E-state index contributed by atoms with van der Waals surface area (Å²) >= 11 is 0. The maximum atomic E-state index is 11.7. The molecule has 0 aromatic heterocycles. The highest BCUT2D eigenvalue weighted by molar-refractivity contribution is 5.91. The van der Waals surface area contributed by atoms with Gasteiger partial charge in [-0.25, -0.2) is 0 Å². The van der Waals surface area contributed by atoms with Crippen molar-refractivity contribution < 1.29 is 4.79 Å². The summed E-state index contributed by atoms with van der Waals surface area (Å²) in [5.74, 6) is 0.0579. The molecule has 1 amide bonds. The normalized spacial score (nSPS) is 16.0. The summed E-state index contributed by atoms with van der Waals surface area (Å²) in [4.78, 5) is 14.0. The standard InChI is InChI=1S/C13H19N3O/c14-11-4-3-5-12(10-11)15-13(17)6-9-16-7-1-2-8-16/h3-5,10H,1-2,6-9,14H2,(H,15,17). The summed E-state index contributed by atoms with van der Waals surface area (Å²) in [5.41, 5.74) is 7.09. The molecule has 1 fully saturated rings. The molecule has 1 saturated heterocycles. The summed E-state index contributed by atoms with van der Waals surface area (Å²) < 4.78 is 0. The number of anilines is 2. The van der Waals surface area contributed by atoms with Crippen molar-refractivity contribution in [3.63, 3.8) is 0 Å². The highest BCUT2D eigenvalue weighted by Crippen LogP contribution is 2.12. The van der Waals surface area contributed by atoms with Gasteiger partial charge in [-0.05, 0) is 44.1 Å². The third-order valence-electron chi connectivity index (χ3n) is 3.02. The molecule has 0 saturated carbocycles. The lowest BCUT2D eigenvalue weighted by molar-refractivity contribution is -0.116. The molecule has 3 N–H and O–H groups in total. The van der Waals surface area contributed by atoms with E-state index in [2.05, 4.69) is 10.2 Å². The number of likely N-dealkylation sites (tertiary alicyclic amines) is 1. The van der Waals surface area contributed by atoms with Crippen LogP contribution in [-0.2, 0) is 4.79 Å². The molecule has 0 aliphatic carbocycles. The fourth-order valence-corrected chi connectivity index (χ4v) is 2.11. The van der Waals surface area contributed by atoms with Gasteiger partial charge in [-0.3, -0.25) is 4.79 Å². The average molecular weight is 233 g/mol. The Kier molecular flexibility index (Phi) is 3.98. The van der Waals surface area contributed by atoms with E-state index in [9.17, 15) is 4.79 Å². The smallest absolute Gasteiger partial charge is 0.225 e. The number of amides is 1. The highest BCUT2D eigenvalue weighted by atomic mass is 16.1. The number of carbonyl (C=O) groups is 1. The number of carbonyl (C=O) groups excluding carboxylic acids is 1. The van der Waals surface area contributed by atoms with Gasteiger partial charge in [-0.2, -0.15) is 0 Å². The first-order chi connectivity index (χ1) is 8.24. The van der Waals surface area contributed by atoms with Gasteiger partial charge in [0.05, 0.1) is 0 Å². The van der Waals surface area contributed by atoms with Crippen LogP contribution in [0.4, 0.5) is 11.4 Å². The van der Waals surface area contributed by atoms with Gasteiger partial charge in [0.2, 0.25) is 5.91 Å². The third kappa shape index (κ3) is 3.75. The number of nitrogens with one attached hydrogen (secondary N) is 1. The van der Waals surface area contributed by atoms with Gasteiger partial charge < -0.3 is 16.0 Å².